The lowest BCUT2D eigenvalue weighted by Gasteiger charge is -2.01. The molecule has 0 unspecified atom stereocenters. The van der Waals surface area contributed by atoms with Gasteiger partial charge >= 0.3 is 0 Å². The van der Waals surface area contributed by atoms with E-state index >= 15 is 0 Å². The van der Waals surface area contributed by atoms with Crippen LogP contribution in [0.25, 0.3) is 52.7 Å². The molecule has 6 rings (SSSR count). The van der Waals surface area contributed by atoms with Crippen molar-refractivity contribution < 1.29 is 9.47 Å². The average molecular weight is 481 g/mol. The van der Waals surface area contributed by atoms with Gasteiger partial charge in [-0.25, -0.2) is 9.97 Å². The summed E-state index contributed by atoms with van der Waals surface area (Å²) >= 11 is 3.40. The van der Waals surface area contributed by atoms with E-state index in [1.54, 1.807) is 36.9 Å². The molecule has 4 nitrogen and oxygen atoms in total. The molecule has 0 fully saturated rings. The van der Waals surface area contributed by atoms with E-state index in [-0.39, 0.29) is 0 Å². The molecule has 0 aliphatic heterocycles. The van der Waals surface area contributed by atoms with Crippen LogP contribution in [0.4, 0.5) is 0 Å². The predicted molar refractivity (Wildman–Crippen MR) is 142 cm³/mol. The zero-order chi connectivity index (χ0) is 23.1. The Morgan fingerprint density at radius 2 is 0.882 bits per heavy atom. The van der Waals surface area contributed by atoms with Crippen LogP contribution in [-0.4, -0.2) is 24.2 Å². The van der Waals surface area contributed by atoms with E-state index < -0.39 is 0 Å². The van der Waals surface area contributed by atoms with E-state index in [2.05, 4.69) is 36.4 Å². The van der Waals surface area contributed by atoms with Gasteiger partial charge in [-0.1, -0.05) is 12.1 Å². The standard InChI is InChI=1S/C28H20N2O2S2/c1-31-21-9-3-17(4-10-21)27-29-23-15-19(7-13-25(23)33-27)20-8-14-26-24(16-20)30-28(34-26)18-5-11-22(32-2)12-6-18/h3-16H,1-2H3. The first-order valence-corrected chi connectivity index (χ1v) is 12.4. The molecule has 0 amide bonds. The number of thiazole rings is 2. The van der Waals surface area contributed by atoms with Gasteiger partial charge in [0.15, 0.2) is 0 Å². The normalized spacial score (nSPS) is 11.2. The minimum absolute atomic E-state index is 0.847. The first-order valence-electron chi connectivity index (χ1n) is 10.8. The molecule has 0 saturated carbocycles. The van der Waals surface area contributed by atoms with Crippen LogP contribution in [-0.2, 0) is 0 Å². The molecule has 2 heterocycles. The van der Waals surface area contributed by atoms with Crippen LogP contribution in [0.2, 0.25) is 0 Å². The van der Waals surface area contributed by atoms with Gasteiger partial charge in [-0.3, -0.25) is 0 Å². The van der Waals surface area contributed by atoms with Gasteiger partial charge in [0.05, 0.1) is 34.7 Å². The van der Waals surface area contributed by atoms with E-state index in [1.165, 1.54) is 9.40 Å². The summed E-state index contributed by atoms with van der Waals surface area (Å²) in [4.78, 5) is 9.80. The monoisotopic (exact) mass is 480 g/mol. The number of aromatic nitrogens is 2. The Morgan fingerprint density at radius 1 is 0.500 bits per heavy atom. The molecule has 0 aliphatic rings. The molecule has 34 heavy (non-hydrogen) atoms. The lowest BCUT2D eigenvalue weighted by atomic mass is 10.1. The number of hydrogen-bond acceptors (Lipinski definition) is 6. The molecule has 6 aromatic rings. The summed E-state index contributed by atoms with van der Waals surface area (Å²) in [7, 11) is 3.36. The van der Waals surface area contributed by atoms with Gasteiger partial charge in [-0.15, -0.1) is 22.7 Å². The molecule has 0 aliphatic carbocycles. The highest BCUT2D eigenvalue weighted by atomic mass is 32.1. The Balaban J connectivity index is 1.33. The summed E-state index contributed by atoms with van der Waals surface area (Å²) in [5, 5.41) is 2.02. The number of benzene rings is 4. The lowest BCUT2D eigenvalue weighted by Crippen LogP contribution is -1.82. The molecule has 4 aromatic carbocycles. The first-order chi connectivity index (χ1) is 16.7. The minimum atomic E-state index is 0.847. The SMILES string of the molecule is COc1ccc(-c2nc3cc(-c4ccc5sc(-c6ccc(OC)cc6)nc5c4)ccc3s2)cc1. The van der Waals surface area contributed by atoms with Gasteiger partial charge in [0.2, 0.25) is 0 Å². The smallest absolute Gasteiger partial charge is 0.124 e. The zero-order valence-electron chi connectivity index (χ0n) is 18.6. The first kappa shape index (κ1) is 20.8. The van der Waals surface area contributed by atoms with Gasteiger partial charge in [0.1, 0.15) is 21.5 Å². The van der Waals surface area contributed by atoms with Crippen LogP contribution in [0, 0.1) is 0 Å². The van der Waals surface area contributed by atoms with E-state index in [0.717, 1.165) is 54.8 Å². The third-order valence-electron chi connectivity index (χ3n) is 5.78. The number of nitrogens with zero attached hydrogens (tertiary/aromatic N) is 2. The molecule has 166 valence electrons. The minimum Gasteiger partial charge on any atom is -0.497 e. The Hall–Kier alpha value is -3.74. The van der Waals surface area contributed by atoms with Crippen molar-refractivity contribution >= 4 is 43.1 Å². The maximum atomic E-state index is 5.27. The van der Waals surface area contributed by atoms with Crippen molar-refractivity contribution in [2.45, 2.75) is 0 Å². The van der Waals surface area contributed by atoms with Gasteiger partial charge < -0.3 is 9.47 Å². The van der Waals surface area contributed by atoms with Gasteiger partial charge in [-0.2, -0.15) is 0 Å². The Bertz CT molecular complexity index is 1490. The van der Waals surface area contributed by atoms with Crippen LogP contribution >= 0.6 is 22.7 Å². The van der Waals surface area contributed by atoms with Crippen LogP contribution in [0.1, 0.15) is 0 Å². The maximum absolute atomic E-state index is 5.27. The third-order valence-corrected chi connectivity index (χ3v) is 7.95. The Labute approximate surface area is 205 Å². The molecular weight excluding hydrogens is 460 g/mol. The summed E-state index contributed by atoms with van der Waals surface area (Å²) in [5.41, 5.74) is 6.48. The number of methoxy groups -OCH3 is 2. The van der Waals surface area contributed by atoms with Crippen LogP contribution in [0.3, 0.4) is 0 Å². The summed E-state index contributed by atoms with van der Waals surface area (Å²) in [6, 6.07) is 29.0. The molecular formula is C28H20N2O2S2. The Morgan fingerprint density at radius 3 is 1.26 bits per heavy atom. The van der Waals surface area contributed by atoms with Gasteiger partial charge in [-0.05, 0) is 83.9 Å². The Kier molecular flexibility index (Phi) is 5.24. The van der Waals surface area contributed by atoms with Crippen molar-refractivity contribution in [3.63, 3.8) is 0 Å². The zero-order valence-corrected chi connectivity index (χ0v) is 20.2. The molecule has 2 aromatic heterocycles. The lowest BCUT2D eigenvalue weighted by molar-refractivity contribution is 0.415. The van der Waals surface area contributed by atoms with Crippen molar-refractivity contribution in [1.29, 1.82) is 0 Å². The van der Waals surface area contributed by atoms with Crippen molar-refractivity contribution in [3.8, 4) is 43.8 Å². The highest BCUT2D eigenvalue weighted by Gasteiger charge is 2.11. The number of fused-ring (bicyclic) bond motifs is 2. The van der Waals surface area contributed by atoms with Crippen LogP contribution in [0.5, 0.6) is 11.5 Å². The number of hydrogen-bond donors (Lipinski definition) is 0. The molecule has 0 spiro atoms. The molecule has 0 saturated heterocycles. The second-order valence-electron chi connectivity index (χ2n) is 7.86. The third kappa shape index (κ3) is 3.81. The van der Waals surface area contributed by atoms with Crippen molar-refractivity contribution in [1.82, 2.24) is 9.97 Å². The topological polar surface area (TPSA) is 44.2 Å². The fourth-order valence-electron chi connectivity index (χ4n) is 3.93. The molecule has 0 atom stereocenters. The predicted octanol–water partition coefficient (Wildman–Crippen LogP) is 7.92. The average Bonchev–Trinajstić information content (AvgIpc) is 3.52. The quantitative estimate of drug-likeness (QED) is 0.251. The van der Waals surface area contributed by atoms with E-state index in [9.17, 15) is 0 Å². The number of rotatable bonds is 5. The van der Waals surface area contributed by atoms with Crippen molar-refractivity contribution in [3.05, 3.63) is 84.9 Å². The van der Waals surface area contributed by atoms with Crippen molar-refractivity contribution in [2.24, 2.45) is 0 Å². The fourth-order valence-corrected chi connectivity index (χ4v) is 5.83. The van der Waals surface area contributed by atoms with Crippen LogP contribution in [0.15, 0.2) is 84.9 Å². The largest absolute Gasteiger partial charge is 0.497 e. The van der Waals surface area contributed by atoms with E-state index in [0.29, 0.717) is 0 Å². The maximum Gasteiger partial charge on any atom is 0.124 e. The highest BCUT2D eigenvalue weighted by molar-refractivity contribution is 7.22. The van der Waals surface area contributed by atoms with Crippen molar-refractivity contribution in [2.75, 3.05) is 14.2 Å². The summed E-state index contributed by atoms with van der Waals surface area (Å²) in [5.74, 6) is 1.69. The molecule has 0 radical (unpaired) electrons. The second-order valence-corrected chi connectivity index (χ2v) is 9.92. The van der Waals surface area contributed by atoms with E-state index in [1.807, 2.05) is 48.5 Å². The summed E-state index contributed by atoms with van der Waals surface area (Å²) in [6.07, 6.45) is 0. The number of ether oxygens (including phenoxy) is 2. The van der Waals surface area contributed by atoms with E-state index in [4.69, 9.17) is 19.4 Å². The summed E-state index contributed by atoms with van der Waals surface area (Å²) < 4.78 is 12.9. The molecule has 0 N–H and O–H groups in total. The van der Waals surface area contributed by atoms with Gasteiger partial charge in [0.25, 0.3) is 0 Å². The highest BCUT2D eigenvalue weighted by Crippen LogP contribution is 2.36. The fraction of sp³-hybridized carbons (Fsp3) is 0.0714. The second kappa shape index (κ2) is 8.56. The van der Waals surface area contributed by atoms with Gasteiger partial charge in [0, 0.05) is 11.1 Å². The molecule has 6 heteroatoms. The van der Waals surface area contributed by atoms with Crippen LogP contribution < -0.4 is 9.47 Å². The molecule has 0 bridgehead atoms. The summed E-state index contributed by atoms with van der Waals surface area (Å²) in [6.45, 7) is 0.